The van der Waals surface area contributed by atoms with Gasteiger partial charge in [0, 0.05) is 11.8 Å². The van der Waals surface area contributed by atoms with E-state index >= 15 is 0 Å². The van der Waals surface area contributed by atoms with Crippen LogP contribution in [-0.2, 0) is 4.74 Å². The van der Waals surface area contributed by atoms with Crippen molar-refractivity contribution in [1.29, 1.82) is 0 Å². The van der Waals surface area contributed by atoms with Crippen LogP contribution < -0.4 is 0 Å². The van der Waals surface area contributed by atoms with Crippen LogP contribution >= 0.6 is 11.6 Å². The summed E-state index contributed by atoms with van der Waals surface area (Å²) >= 11 is 6.25. The molecule has 12 heavy (non-hydrogen) atoms. The Balaban J connectivity index is 2.25. The van der Waals surface area contributed by atoms with Crippen LogP contribution in [0.15, 0.2) is 12.7 Å². The van der Waals surface area contributed by atoms with Gasteiger partial charge in [0.25, 0.3) is 0 Å². The summed E-state index contributed by atoms with van der Waals surface area (Å²) in [6.45, 7) is 6.18. The van der Waals surface area contributed by atoms with Crippen LogP contribution in [0.3, 0.4) is 0 Å². The molecule has 2 aliphatic rings. The predicted molar refractivity (Wildman–Crippen MR) is 47.0 cm³/mol. The molecule has 2 nitrogen and oxygen atoms in total. The Kier molecular flexibility index (Phi) is 1.47. The molecule has 2 rings (SSSR count). The van der Waals surface area contributed by atoms with E-state index < -0.39 is 10.7 Å². The average Bonchev–Trinajstić information content (AvgIpc) is 2.48. The third kappa shape index (κ3) is 0.734. The Morgan fingerprint density at radius 2 is 2.42 bits per heavy atom. The van der Waals surface area contributed by atoms with E-state index in [1.807, 2.05) is 6.92 Å². The zero-order valence-corrected chi connectivity index (χ0v) is 7.90. The van der Waals surface area contributed by atoms with Crippen LogP contribution in [-0.4, -0.2) is 22.4 Å². The van der Waals surface area contributed by atoms with Crippen molar-refractivity contribution in [3.05, 3.63) is 12.7 Å². The fourth-order valence-corrected chi connectivity index (χ4v) is 2.56. The quantitative estimate of drug-likeness (QED) is 0.528. The van der Waals surface area contributed by atoms with Crippen molar-refractivity contribution in [2.75, 3.05) is 6.61 Å². The SMILES string of the molecule is C=CCC1(O)OC[C@]2(C)C[C@]12Cl. The van der Waals surface area contributed by atoms with Crippen molar-refractivity contribution in [1.82, 2.24) is 0 Å². The fraction of sp³-hybridized carbons (Fsp3) is 0.778. The molecule has 1 aliphatic carbocycles. The van der Waals surface area contributed by atoms with Gasteiger partial charge >= 0.3 is 0 Å². The minimum atomic E-state index is -1.18. The maximum absolute atomic E-state index is 10.0. The predicted octanol–water partition coefficient (Wildman–Crippen LogP) is 1.67. The van der Waals surface area contributed by atoms with Crippen LogP contribution in [0.2, 0.25) is 0 Å². The van der Waals surface area contributed by atoms with E-state index in [1.54, 1.807) is 6.08 Å². The molecule has 1 saturated heterocycles. The Morgan fingerprint density at radius 3 is 2.75 bits per heavy atom. The van der Waals surface area contributed by atoms with Gasteiger partial charge in [0.2, 0.25) is 0 Å². The van der Waals surface area contributed by atoms with Crippen LogP contribution in [0, 0.1) is 5.41 Å². The van der Waals surface area contributed by atoms with Crippen LogP contribution in [0.4, 0.5) is 0 Å². The summed E-state index contributed by atoms with van der Waals surface area (Å²) in [5, 5.41) is 10.0. The molecule has 0 aromatic rings. The van der Waals surface area contributed by atoms with Crippen molar-refractivity contribution in [3.63, 3.8) is 0 Å². The normalized spacial score (nSPS) is 56.6. The molecule has 1 saturated carbocycles. The highest BCUT2D eigenvalue weighted by Gasteiger charge is 2.78. The van der Waals surface area contributed by atoms with Gasteiger partial charge in [-0.2, -0.15) is 0 Å². The van der Waals surface area contributed by atoms with Crippen molar-refractivity contribution in [2.24, 2.45) is 5.41 Å². The Bertz CT molecular complexity index is 239. The lowest BCUT2D eigenvalue weighted by atomic mass is 10.0. The summed E-state index contributed by atoms with van der Waals surface area (Å²) < 4.78 is 5.30. The van der Waals surface area contributed by atoms with Gasteiger partial charge in [-0.15, -0.1) is 18.2 Å². The van der Waals surface area contributed by atoms with Gasteiger partial charge in [0.05, 0.1) is 6.61 Å². The number of ether oxygens (including phenoxy) is 1. The second kappa shape index (κ2) is 2.06. The minimum Gasteiger partial charge on any atom is -0.364 e. The summed E-state index contributed by atoms with van der Waals surface area (Å²) in [5.74, 6) is -1.18. The van der Waals surface area contributed by atoms with E-state index in [0.717, 1.165) is 6.42 Å². The van der Waals surface area contributed by atoms with E-state index in [4.69, 9.17) is 16.3 Å². The van der Waals surface area contributed by atoms with Crippen molar-refractivity contribution < 1.29 is 9.84 Å². The second-order valence-electron chi connectivity index (χ2n) is 4.10. The van der Waals surface area contributed by atoms with E-state index in [0.29, 0.717) is 13.0 Å². The molecule has 0 amide bonds. The van der Waals surface area contributed by atoms with Crippen molar-refractivity contribution in [2.45, 2.75) is 30.4 Å². The monoisotopic (exact) mass is 188 g/mol. The van der Waals surface area contributed by atoms with Gasteiger partial charge in [0.1, 0.15) is 4.87 Å². The van der Waals surface area contributed by atoms with E-state index in [2.05, 4.69) is 6.58 Å². The molecule has 1 heterocycles. The molecule has 0 aromatic heterocycles. The summed E-state index contributed by atoms with van der Waals surface area (Å²) in [6, 6.07) is 0. The summed E-state index contributed by atoms with van der Waals surface area (Å²) in [4.78, 5) is -0.561. The van der Waals surface area contributed by atoms with Crippen LogP contribution in [0.25, 0.3) is 0 Å². The van der Waals surface area contributed by atoms with Gasteiger partial charge in [-0.1, -0.05) is 13.0 Å². The second-order valence-corrected chi connectivity index (χ2v) is 4.75. The first-order valence-electron chi connectivity index (χ1n) is 4.14. The highest BCUT2D eigenvalue weighted by molar-refractivity contribution is 6.28. The van der Waals surface area contributed by atoms with E-state index in [1.165, 1.54) is 0 Å². The molecule has 0 spiro atoms. The lowest BCUT2D eigenvalue weighted by Gasteiger charge is -2.27. The summed E-state index contributed by atoms with van der Waals surface area (Å²) in [5.41, 5.74) is -0.0215. The number of aliphatic hydroxyl groups is 1. The minimum absolute atomic E-state index is 0.0215. The maximum Gasteiger partial charge on any atom is 0.189 e. The van der Waals surface area contributed by atoms with E-state index in [-0.39, 0.29) is 5.41 Å². The maximum atomic E-state index is 10.0. The largest absolute Gasteiger partial charge is 0.364 e. The van der Waals surface area contributed by atoms with E-state index in [9.17, 15) is 5.11 Å². The molecule has 0 radical (unpaired) electrons. The Morgan fingerprint density at radius 1 is 1.75 bits per heavy atom. The van der Waals surface area contributed by atoms with Gasteiger partial charge in [0.15, 0.2) is 5.79 Å². The van der Waals surface area contributed by atoms with Gasteiger partial charge in [-0.05, 0) is 6.42 Å². The smallest absolute Gasteiger partial charge is 0.189 e. The molecule has 68 valence electrons. The molecule has 3 atom stereocenters. The molecular formula is C9H13ClO2. The first kappa shape index (κ1) is 8.54. The third-order valence-corrected chi connectivity index (χ3v) is 4.02. The molecule has 0 aromatic carbocycles. The first-order valence-corrected chi connectivity index (χ1v) is 4.51. The average molecular weight is 189 g/mol. The Hall–Kier alpha value is -0.0500. The molecule has 3 heteroatoms. The van der Waals surface area contributed by atoms with Gasteiger partial charge < -0.3 is 9.84 Å². The fourth-order valence-electron chi connectivity index (χ4n) is 2.08. The molecule has 2 fully saturated rings. The third-order valence-electron chi connectivity index (χ3n) is 3.14. The summed E-state index contributed by atoms with van der Waals surface area (Å²) in [6.07, 6.45) is 2.90. The molecule has 1 unspecified atom stereocenters. The zero-order valence-electron chi connectivity index (χ0n) is 7.14. The zero-order chi connectivity index (χ0) is 9.04. The number of alkyl halides is 1. The lowest BCUT2D eigenvalue weighted by Crippen LogP contribution is -2.40. The van der Waals surface area contributed by atoms with Crippen LogP contribution in [0.1, 0.15) is 19.8 Å². The standard InChI is InChI=1S/C9H13ClO2/c1-3-4-9(11)8(10)5-7(8,2)6-12-9/h3,11H,1,4-6H2,2H3/t7-,8+,9?/m0/s1. The Labute approximate surface area is 77.2 Å². The van der Waals surface area contributed by atoms with Gasteiger partial charge in [-0.3, -0.25) is 0 Å². The van der Waals surface area contributed by atoms with Crippen LogP contribution in [0.5, 0.6) is 0 Å². The highest BCUT2D eigenvalue weighted by Crippen LogP contribution is 2.71. The lowest BCUT2D eigenvalue weighted by molar-refractivity contribution is -0.182. The number of hydrogen-bond acceptors (Lipinski definition) is 2. The number of hydrogen-bond donors (Lipinski definition) is 1. The number of halogens is 1. The molecule has 0 bridgehead atoms. The van der Waals surface area contributed by atoms with Crippen molar-refractivity contribution in [3.8, 4) is 0 Å². The highest BCUT2D eigenvalue weighted by atomic mass is 35.5. The number of rotatable bonds is 2. The molecular weight excluding hydrogens is 176 g/mol. The number of fused-ring (bicyclic) bond motifs is 1. The van der Waals surface area contributed by atoms with Crippen molar-refractivity contribution >= 4 is 11.6 Å². The summed E-state index contributed by atoms with van der Waals surface area (Å²) in [7, 11) is 0. The molecule has 1 aliphatic heterocycles. The van der Waals surface area contributed by atoms with Gasteiger partial charge in [-0.25, -0.2) is 0 Å². The topological polar surface area (TPSA) is 29.5 Å². The molecule has 1 N–H and O–H groups in total. The first-order chi connectivity index (χ1) is 5.47.